The molecule has 1 N–H and O–H groups in total. The maximum Gasteiger partial charge on any atom is 0.00385 e. The summed E-state index contributed by atoms with van der Waals surface area (Å²) in [5, 5.41) is 2.93. The van der Waals surface area contributed by atoms with E-state index in [1.54, 1.807) is 0 Å². The number of hydrogen-bond acceptors (Lipinski definition) is 2. The van der Waals surface area contributed by atoms with Gasteiger partial charge in [0.2, 0.25) is 0 Å². The lowest BCUT2D eigenvalue weighted by molar-refractivity contribution is 0.185. The molecule has 2 heteroatoms. The van der Waals surface area contributed by atoms with Gasteiger partial charge in [0.25, 0.3) is 0 Å². The molecule has 0 aromatic carbocycles. The van der Waals surface area contributed by atoms with Crippen LogP contribution in [0.3, 0.4) is 0 Å². The molecule has 0 atom stereocenters. The molecular weight excluding hydrogens is 208 g/mol. The smallest absolute Gasteiger partial charge is 0.00385 e. The molecule has 0 aromatic heterocycles. The van der Waals surface area contributed by atoms with E-state index in [0.29, 0.717) is 0 Å². The fraction of sp³-hybridized carbons (Fsp3) is 1.00. The average Bonchev–Trinajstić information content (AvgIpc) is 2.44. The van der Waals surface area contributed by atoms with Crippen LogP contribution in [0.5, 0.6) is 0 Å². The van der Waals surface area contributed by atoms with E-state index in [1.165, 1.54) is 32.4 Å². The lowest BCUT2D eigenvalue weighted by Crippen LogP contribution is -2.35. The second-order valence-corrected chi connectivity index (χ2v) is 3.90. The fourth-order valence-corrected chi connectivity index (χ4v) is 1.43. The first-order valence-electron chi connectivity index (χ1n) is 7.61. The molecule has 1 aliphatic rings. The van der Waals surface area contributed by atoms with Crippen LogP contribution in [-0.2, 0) is 0 Å². The van der Waals surface area contributed by atoms with Crippen molar-refractivity contribution in [3.8, 4) is 0 Å². The van der Waals surface area contributed by atoms with Gasteiger partial charge in [-0.3, -0.25) is 0 Å². The molecule has 0 spiro atoms. The third kappa shape index (κ3) is 18.5. The monoisotopic (exact) mass is 246 g/mol. The summed E-state index contributed by atoms with van der Waals surface area (Å²) in [6.07, 6.45) is 4.28. The van der Waals surface area contributed by atoms with Crippen LogP contribution in [0.15, 0.2) is 0 Å². The summed E-state index contributed by atoms with van der Waals surface area (Å²) in [7, 11) is 1.93. The van der Waals surface area contributed by atoms with Gasteiger partial charge in [0.05, 0.1) is 0 Å². The van der Waals surface area contributed by atoms with E-state index in [0.717, 1.165) is 12.6 Å². The molecule has 17 heavy (non-hydrogen) atoms. The highest BCUT2D eigenvalue weighted by molar-refractivity contribution is 4.67. The summed E-state index contributed by atoms with van der Waals surface area (Å²) in [6.45, 7) is 18.4. The molecule has 0 amide bonds. The van der Waals surface area contributed by atoms with E-state index in [4.69, 9.17) is 0 Å². The van der Waals surface area contributed by atoms with Crippen molar-refractivity contribution in [3.63, 3.8) is 0 Å². The quantitative estimate of drug-likeness (QED) is 0.787. The topological polar surface area (TPSA) is 15.3 Å². The van der Waals surface area contributed by atoms with Gasteiger partial charge in [-0.05, 0) is 53.4 Å². The van der Waals surface area contributed by atoms with Crippen LogP contribution in [0, 0.1) is 0 Å². The van der Waals surface area contributed by atoms with Gasteiger partial charge < -0.3 is 10.2 Å². The molecule has 1 saturated heterocycles. The first-order chi connectivity index (χ1) is 8.22. The van der Waals surface area contributed by atoms with Crippen LogP contribution in [0.4, 0.5) is 0 Å². The van der Waals surface area contributed by atoms with Gasteiger partial charge in [0.1, 0.15) is 0 Å². The van der Waals surface area contributed by atoms with Crippen LogP contribution in [0.2, 0.25) is 0 Å². The number of likely N-dealkylation sites (tertiary alicyclic amines) is 1. The minimum absolute atomic E-state index is 0.769. The molecular formula is C15H38N2. The van der Waals surface area contributed by atoms with E-state index < -0.39 is 0 Å². The second-order valence-electron chi connectivity index (χ2n) is 3.90. The molecule has 0 saturated carbocycles. The van der Waals surface area contributed by atoms with Crippen molar-refractivity contribution in [2.75, 3.05) is 26.7 Å². The number of nitrogens with one attached hydrogen (secondary N) is 1. The number of rotatable bonds is 2. The fourth-order valence-electron chi connectivity index (χ4n) is 1.43. The molecule has 0 radical (unpaired) electrons. The Labute approximate surface area is 111 Å². The summed E-state index contributed by atoms with van der Waals surface area (Å²) in [4.78, 5) is 2.56. The Balaban J connectivity index is -0.000000208. The molecule has 0 aliphatic carbocycles. The zero-order valence-electron chi connectivity index (χ0n) is 13.8. The molecule has 1 fully saturated rings. The summed E-state index contributed by atoms with van der Waals surface area (Å²) >= 11 is 0. The highest BCUT2D eigenvalue weighted by Crippen LogP contribution is 2.10. The lowest BCUT2D eigenvalue weighted by atomic mass is 10.1. The van der Waals surface area contributed by atoms with Crippen molar-refractivity contribution in [2.24, 2.45) is 0 Å². The van der Waals surface area contributed by atoms with Gasteiger partial charge in [0.15, 0.2) is 0 Å². The Morgan fingerprint density at radius 1 is 0.941 bits per heavy atom. The number of hydrogen-bond donors (Lipinski definition) is 1. The minimum Gasteiger partial charge on any atom is -0.320 e. The van der Waals surface area contributed by atoms with E-state index in [-0.39, 0.29) is 0 Å². The molecule has 0 aromatic rings. The first kappa shape index (κ1) is 22.1. The Hall–Kier alpha value is -0.0800. The van der Waals surface area contributed by atoms with Gasteiger partial charge in [-0.2, -0.15) is 0 Å². The van der Waals surface area contributed by atoms with Gasteiger partial charge in [0, 0.05) is 6.04 Å². The van der Waals surface area contributed by atoms with Gasteiger partial charge in [-0.1, -0.05) is 41.0 Å². The van der Waals surface area contributed by atoms with Crippen LogP contribution < -0.4 is 5.32 Å². The molecule has 0 bridgehead atoms. The highest BCUT2D eigenvalue weighted by Gasteiger charge is 2.11. The highest BCUT2D eigenvalue weighted by atomic mass is 15.1. The van der Waals surface area contributed by atoms with Crippen molar-refractivity contribution in [1.82, 2.24) is 10.2 Å². The SMILES string of the molecule is CC.CC.CC(C)N1CCCCC1.CCNC. The predicted molar refractivity (Wildman–Crippen MR) is 82.9 cm³/mol. The van der Waals surface area contributed by atoms with Gasteiger partial charge in [-0.15, -0.1) is 0 Å². The average molecular weight is 246 g/mol. The molecule has 1 aliphatic heterocycles. The van der Waals surface area contributed by atoms with Crippen molar-refractivity contribution in [3.05, 3.63) is 0 Å². The van der Waals surface area contributed by atoms with E-state index >= 15 is 0 Å². The first-order valence-corrected chi connectivity index (χ1v) is 7.61. The third-order valence-electron chi connectivity index (χ3n) is 2.47. The Bertz CT molecular complexity index is 95.1. The number of piperidine rings is 1. The molecule has 108 valence electrons. The molecule has 1 heterocycles. The predicted octanol–water partition coefficient (Wildman–Crippen LogP) is 4.16. The van der Waals surface area contributed by atoms with E-state index in [2.05, 4.69) is 31.0 Å². The number of nitrogens with zero attached hydrogens (tertiary/aromatic N) is 1. The van der Waals surface area contributed by atoms with Crippen molar-refractivity contribution < 1.29 is 0 Å². The summed E-state index contributed by atoms with van der Waals surface area (Å²) in [5.74, 6) is 0. The van der Waals surface area contributed by atoms with Crippen LogP contribution in [0.1, 0.15) is 67.7 Å². The molecule has 2 nitrogen and oxygen atoms in total. The van der Waals surface area contributed by atoms with Crippen molar-refractivity contribution in [1.29, 1.82) is 0 Å². The lowest BCUT2D eigenvalue weighted by Gasteiger charge is -2.29. The Morgan fingerprint density at radius 3 is 1.47 bits per heavy atom. The summed E-state index contributed by atoms with van der Waals surface area (Å²) in [6, 6.07) is 0.769. The van der Waals surface area contributed by atoms with Crippen LogP contribution in [0.25, 0.3) is 0 Å². The summed E-state index contributed by atoms with van der Waals surface area (Å²) < 4.78 is 0. The van der Waals surface area contributed by atoms with Crippen LogP contribution in [-0.4, -0.2) is 37.6 Å². The molecule has 1 rings (SSSR count). The largest absolute Gasteiger partial charge is 0.320 e. The zero-order chi connectivity index (χ0) is 14.1. The van der Waals surface area contributed by atoms with E-state index in [9.17, 15) is 0 Å². The van der Waals surface area contributed by atoms with E-state index in [1.807, 2.05) is 34.7 Å². The minimum atomic E-state index is 0.769. The molecule has 0 unspecified atom stereocenters. The second kappa shape index (κ2) is 21.2. The maximum atomic E-state index is 2.93. The third-order valence-corrected chi connectivity index (χ3v) is 2.47. The van der Waals surface area contributed by atoms with Gasteiger partial charge >= 0.3 is 0 Å². The Kier molecular flexibility index (Phi) is 27.6. The standard InChI is InChI=1S/C8H17N.C3H9N.2C2H6/c1-8(2)9-6-4-3-5-7-9;1-3-4-2;2*1-2/h8H,3-7H2,1-2H3;4H,3H2,1-2H3;2*1-2H3. The van der Waals surface area contributed by atoms with Crippen molar-refractivity contribution >= 4 is 0 Å². The maximum absolute atomic E-state index is 2.93. The van der Waals surface area contributed by atoms with Gasteiger partial charge in [-0.25, -0.2) is 0 Å². The van der Waals surface area contributed by atoms with Crippen LogP contribution >= 0.6 is 0 Å². The normalized spacial score (nSPS) is 14.6. The van der Waals surface area contributed by atoms with Crippen molar-refractivity contribution in [2.45, 2.75) is 73.8 Å². The zero-order valence-corrected chi connectivity index (χ0v) is 13.8. The summed E-state index contributed by atoms with van der Waals surface area (Å²) in [5.41, 5.74) is 0. The Morgan fingerprint density at radius 2 is 1.29 bits per heavy atom.